The molecule has 2 aliphatic heterocycles. The van der Waals surface area contributed by atoms with Gasteiger partial charge in [0, 0.05) is 51.3 Å². The van der Waals surface area contributed by atoms with E-state index in [2.05, 4.69) is 10.6 Å². The van der Waals surface area contributed by atoms with Crippen LogP contribution in [0.5, 0.6) is 0 Å². The third-order valence-corrected chi connectivity index (χ3v) is 7.24. The van der Waals surface area contributed by atoms with Gasteiger partial charge in [0.15, 0.2) is 0 Å². The van der Waals surface area contributed by atoms with Gasteiger partial charge in [-0.3, -0.25) is 14.4 Å². The molecule has 3 atom stereocenters. The second-order valence-corrected chi connectivity index (χ2v) is 10.3. The van der Waals surface area contributed by atoms with Gasteiger partial charge in [-0.1, -0.05) is 43.7 Å². The number of rotatable bonds is 11. The molecule has 204 valence electrons. The minimum absolute atomic E-state index is 0.0389. The number of hydrogen-bond acceptors (Lipinski definition) is 4. The van der Waals surface area contributed by atoms with Crippen molar-refractivity contribution in [2.24, 2.45) is 5.92 Å². The normalized spacial score (nSPS) is 20.6. The van der Waals surface area contributed by atoms with Gasteiger partial charge in [0.25, 0.3) is 0 Å². The Kier molecular flexibility index (Phi) is 9.44. The monoisotopic (exact) mass is 526 g/mol. The maximum Gasteiger partial charge on any atom is 0.240 e. The van der Waals surface area contributed by atoms with Crippen molar-refractivity contribution < 1.29 is 23.2 Å². The van der Waals surface area contributed by atoms with E-state index in [0.29, 0.717) is 38.3 Å². The molecule has 2 aromatic rings. The van der Waals surface area contributed by atoms with Gasteiger partial charge in [-0.2, -0.15) is 0 Å². The zero-order chi connectivity index (χ0) is 27.1. The smallest absolute Gasteiger partial charge is 0.240 e. The molecular formula is C29H36F2N4O3. The molecule has 2 N–H and O–H groups in total. The Morgan fingerprint density at radius 3 is 2.53 bits per heavy atom. The molecule has 9 heteroatoms. The molecule has 2 saturated heterocycles. The zero-order valence-corrected chi connectivity index (χ0v) is 21.8. The van der Waals surface area contributed by atoms with E-state index < -0.39 is 29.6 Å². The van der Waals surface area contributed by atoms with Crippen molar-refractivity contribution in [2.45, 2.75) is 57.7 Å². The van der Waals surface area contributed by atoms with Crippen LogP contribution in [0.3, 0.4) is 0 Å². The maximum atomic E-state index is 13.9. The number of nitrogens with one attached hydrogen (secondary N) is 2. The van der Waals surface area contributed by atoms with Gasteiger partial charge in [-0.25, -0.2) is 8.78 Å². The second-order valence-electron chi connectivity index (χ2n) is 10.3. The largest absolute Gasteiger partial charge is 0.353 e. The summed E-state index contributed by atoms with van der Waals surface area (Å²) in [7, 11) is 0. The van der Waals surface area contributed by atoms with Gasteiger partial charge in [-0.15, -0.1) is 0 Å². The Hall–Kier alpha value is -3.33. The molecule has 3 amide bonds. The van der Waals surface area contributed by atoms with Crippen molar-refractivity contribution in [3.05, 3.63) is 71.3 Å². The lowest BCUT2D eigenvalue weighted by Crippen LogP contribution is -2.57. The number of amides is 3. The number of hydrogen-bond donors (Lipinski definition) is 2. The number of piperazine rings is 1. The van der Waals surface area contributed by atoms with Gasteiger partial charge in [0.05, 0.1) is 12.0 Å². The summed E-state index contributed by atoms with van der Waals surface area (Å²) in [5, 5.41) is 6.25. The lowest BCUT2D eigenvalue weighted by molar-refractivity contribution is -0.137. The van der Waals surface area contributed by atoms with Crippen LogP contribution < -0.4 is 10.6 Å². The third-order valence-electron chi connectivity index (χ3n) is 7.24. The number of carbonyl (C=O) groups excluding carboxylic acids is 3. The second kappa shape index (κ2) is 13.0. The molecule has 2 unspecified atom stereocenters. The topological polar surface area (TPSA) is 81.8 Å². The number of carbonyl (C=O) groups is 3. The summed E-state index contributed by atoms with van der Waals surface area (Å²) in [5.74, 6) is -2.27. The summed E-state index contributed by atoms with van der Waals surface area (Å²) in [4.78, 5) is 42.5. The van der Waals surface area contributed by atoms with Gasteiger partial charge >= 0.3 is 0 Å². The van der Waals surface area contributed by atoms with E-state index in [9.17, 15) is 23.2 Å². The summed E-state index contributed by atoms with van der Waals surface area (Å²) >= 11 is 0. The molecule has 0 saturated carbocycles. The van der Waals surface area contributed by atoms with E-state index in [4.69, 9.17) is 0 Å². The molecule has 0 spiro atoms. The van der Waals surface area contributed by atoms with Crippen LogP contribution in [-0.2, 0) is 27.3 Å². The number of benzene rings is 2. The average molecular weight is 527 g/mol. The first-order valence-electron chi connectivity index (χ1n) is 13.4. The van der Waals surface area contributed by atoms with Crippen LogP contribution in [0.4, 0.5) is 8.78 Å². The van der Waals surface area contributed by atoms with Gasteiger partial charge in [0.2, 0.25) is 17.7 Å². The molecule has 7 nitrogen and oxygen atoms in total. The lowest BCUT2D eigenvalue weighted by atomic mass is 9.96. The van der Waals surface area contributed by atoms with Crippen LogP contribution in [0.25, 0.3) is 0 Å². The highest BCUT2D eigenvalue weighted by Crippen LogP contribution is 2.21. The molecule has 0 radical (unpaired) electrons. The average Bonchev–Trinajstić information content (AvgIpc) is 3.25. The quantitative estimate of drug-likeness (QED) is 0.472. The Labute approximate surface area is 222 Å². The highest BCUT2D eigenvalue weighted by atomic mass is 19.1. The fourth-order valence-corrected chi connectivity index (χ4v) is 5.26. The molecule has 2 fully saturated rings. The summed E-state index contributed by atoms with van der Waals surface area (Å²) in [5.41, 5.74) is 1.42. The van der Waals surface area contributed by atoms with E-state index >= 15 is 0 Å². The van der Waals surface area contributed by atoms with E-state index in [0.717, 1.165) is 24.5 Å². The van der Waals surface area contributed by atoms with Gasteiger partial charge in [0.1, 0.15) is 11.6 Å². The summed E-state index contributed by atoms with van der Waals surface area (Å²) in [6.45, 7) is 4.68. The van der Waals surface area contributed by atoms with Crippen LogP contribution in [0.2, 0.25) is 0 Å². The first kappa shape index (κ1) is 27.7. The number of halogens is 2. The molecular weight excluding hydrogens is 490 g/mol. The van der Waals surface area contributed by atoms with Crippen molar-refractivity contribution >= 4 is 17.7 Å². The zero-order valence-electron chi connectivity index (χ0n) is 21.8. The fourth-order valence-electron chi connectivity index (χ4n) is 5.26. The predicted octanol–water partition coefficient (Wildman–Crippen LogP) is 3.03. The predicted molar refractivity (Wildman–Crippen MR) is 140 cm³/mol. The van der Waals surface area contributed by atoms with Crippen LogP contribution in [0.1, 0.15) is 43.7 Å². The number of nitrogens with zero attached hydrogens (tertiary/aromatic N) is 2. The number of likely N-dealkylation sites (tertiary alicyclic amines) is 1. The van der Waals surface area contributed by atoms with E-state index in [1.54, 1.807) is 9.80 Å². The van der Waals surface area contributed by atoms with Gasteiger partial charge < -0.3 is 20.4 Å². The van der Waals surface area contributed by atoms with Crippen LogP contribution in [-0.4, -0.2) is 65.8 Å². The maximum absolute atomic E-state index is 13.9. The van der Waals surface area contributed by atoms with E-state index in [1.807, 2.05) is 37.3 Å². The van der Waals surface area contributed by atoms with Gasteiger partial charge in [-0.05, 0) is 42.5 Å². The highest BCUT2D eigenvalue weighted by molar-refractivity contribution is 5.89. The molecule has 2 heterocycles. The van der Waals surface area contributed by atoms with Crippen molar-refractivity contribution in [3.8, 4) is 0 Å². The molecule has 2 aromatic carbocycles. The molecule has 0 bridgehead atoms. The van der Waals surface area contributed by atoms with Crippen LogP contribution in [0.15, 0.2) is 48.5 Å². The highest BCUT2D eigenvalue weighted by Gasteiger charge is 2.36. The SMILES string of the molecule is CCCCN1CC(C(=O)NC(Cc2cc(F)cc(F)c2)C[C@@H]2NCCN(Cc3ccccc3)C2=O)CC1=O. The standard InChI is InChI=1S/C29H36F2N4O3/c1-2-3-10-34-19-22(15-27(34)36)28(37)33-25(14-21-12-23(30)16-24(31)13-21)17-26-29(38)35(11-9-32-26)18-20-7-5-4-6-8-20/h4-8,12-13,16,22,25-26,32H,2-3,9-11,14-15,17-19H2,1H3,(H,33,37)/t22?,25?,26-/m0/s1. The Balaban J connectivity index is 1.46. The van der Waals surface area contributed by atoms with E-state index in [1.165, 1.54) is 12.1 Å². The summed E-state index contributed by atoms with van der Waals surface area (Å²) in [6, 6.07) is 11.9. The van der Waals surface area contributed by atoms with Crippen molar-refractivity contribution in [2.75, 3.05) is 26.2 Å². The van der Waals surface area contributed by atoms with Crippen LogP contribution in [0, 0.1) is 17.6 Å². The summed E-state index contributed by atoms with van der Waals surface area (Å²) in [6.07, 6.45) is 2.39. The molecule has 2 aliphatic rings. The third kappa shape index (κ3) is 7.37. The minimum atomic E-state index is -0.695. The van der Waals surface area contributed by atoms with Crippen LogP contribution >= 0.6 is 0 Å². The number of unbranched alkanes of at least 4 members (excludes halogenated alkanes) is 1. The minimum Gasteiger partial charge on any atom is -0.353 e. The Morgan fingerprint density at radius 2 is 1.82 bits per heavy atom. The molecule has 38 heavy (non-hydrogen) atoms. The van der Waals surface area contributed by atoms with Crippen molar-refractivity contribution in [1.29, 1.82) is 0 Å². The first-order chi connectivity index (χ1) is 18.3. The first-order valence-corrected chi connectivity index (χ1v) is 13.4. The Bertz CT molecular complexity index is 1110. The molecule has 4 rings (SSSR count). The fraction of sp³-hybridized carbons (Fsp3) is 0.483. The molecule has 0 aliphatic carbocycles. The summed E-state index contributed by atoms with van der Waals surface area (Å²) < 4.78 is 27.8. The Morgan fingerprint density at radius 1 is 1.08 bits per heavy atom. The van der Waals surface area contributed by atoms with Crippen molar-refractivity contribution in [1.82, 2.24) is 20.4 Å². The van der Waals surface area contributed by atoms with Crippen molar-refractivity contribution in [3.63, 3.8) is 0 Å². The molecule has 0 aromatic heterocycles. The van der Waals surface area contributed by atoms with E-state index in [-0.39, 0.29) is 37.0 Å². The lowest BCUT2D eigenvalue weighted by Gasteiger charge is -2.35.